The molecule has 0 N–H and O–H groups in total. The van der Waals surface area contributed by atoms with Crippen molar-refractivity contribution < 1.29 is 0 Å². The first-order valence-electron chi connectivity index (χ1n) is 9.67. The van der Waals surface area contributed by atoms with Crippen molar-refractivity contribution >= 4 is 23.5 Å². The maximum absolute atomic E-state index is 2.63. The van der Waals surface area contributed by atoms with Crippen LogP contribution in [0.5, 0.6) is 0 Å². The molecule has 1 fully saturated rings. The minimum atomic E-state index is 0.579. The van der Waals surface area contributed by atoms with Crippen LogP contribution in [0.4, 0.5) is 0 Å². The molecule has 4 rings (SSSR count). The predicted octanol–water partition coefficient (Wildman–Crippen LogP) is 4.81. The van der Waals surface area contributed by atoms with Crippen LogP contribution in [-0.4, -0.2) is 55.3 Å². The average molecular weight is 385 g/mol. The first-order valence-corrected chi connectivity index (χ1v) is 11.5. The third-order valence-corrected chi connectivity index (χ3v) is 7.95. The Morgan fingerprint density at radius 1 is 0.962 bits per heavy atom. The van der Waals surface area contributed by atoms with Gasteiger partial charge in [-0.3, -0.25) is 0 Å². The molecule has 0 bridgehead atoms. The summed E-state index contributed by atoms with van der Waals surface area (Å²) in [5.41, 5.74) is 3.03. The maximum Gasteiger partial charge on any atom is 0.0349 e. The molecule has 2 aromatic carbocycles. The molecule has 0 radical (unpaired) electrons. The molecule has 2 heterocycles. The lowest BCUT2D eigenvalue weighted by Gasteiger charge is -2.32. The Kier molecular flexibility index (Phi) is 6.26. The molecule has 2 aromatic rings. The van der Waals surface area contributed by atoms with Crippen LogP contribution in [0, 0.1) is 0 Å². The Hall–Kier alpha value is -0.940. The first-order chi connectivity index (χ1) is 12.8. The largest absolute Gasteiger partial charge is 0.304 e. The van der Waals surface area contributed by atoms with E-state index in [1.54, 1.807) is 0 Å². The van der Waals surface area contributed by atoms with E-state index >= 15 is 0 Å². The smallest absolute Gasteiger partial charge is 0.0349 e. The zero-order valence-electron chi connectivity index (χ0n) is 15.6. The number of hydrogen-bond donors (Lipinski definition) is 0. The summed E-state index contributed by atoms with van der Waals surface area (Å²) in [4.78, 5) is 7.93. The van der Waals surface area contributed by atoms with Crippen molar-refractivity contribution in [3.63, 3.8) is 0 Å². The highest BCUT2D eigenvalue weighted by Crippen LogP contribution is 2.45. The van der Waals surface area contributed by atoms with Gasteiger partial charge in [-0.2, -0.15) is 11.8 Å². The number of hydrogen-bond acceptors (Lipinski definition) is 4. The minimum absolute atomic E-state index is 0.579. The fourth-order valence-corrected chi connectivity index (χ4v) is 6.25. The standard InChI is InChI=1S/C22H28N2S2/c1-23-12-14-24(15-13-23)11-6-16-25-22-17-18-7-2-4-9-20(18)26-21-10-5-3-8-19(21)22/h2-5,7-10,22H,6,11-17H2,1H3. The van der Waals surface area contributed by atoms with Crippen LogP contribution >= 0.6 is 23.5 Å². The third-order valence-electron chi connectivity index (χ3n) is 5.40. The van der Waals surface area contributed by atoms with Crippen molar-refractivity contribution in [2.45, 2.75) is 27.9 Å². The fraction of sp³-hybridized carbons (Fsp3) is 0.455. The van der Waals surface area contributed by atoms with Gasteiger partial charge in [-0.05, 0) is 55.4 Å². The van der Waals surface area contributed by atoms with Gasteiger partial charge in [0.2, 0.25) is 0 Å². The molecule has 2 nitrogen and oxygen atoms in total. The predicted molar refractivity (Wildman–Crippen MR) is 114 cm³/mol. The molecule has 0 saturated carbocycles. The van der Waals surface area contributed by atoms with Gasteiger partial charge >= 0.3 is 0 Å². The number of benzene rings is 2. The zero-order chi connectivity index (χ0) is 17.8. The first kappa shape index (κ1) is 18.4. The van der Waals surface area contributed by atoms with Crippen molar-refractivity contribution in [2.24, 2.45) is 0 Å². The van der Waals surface area contributed by atoms with Crippen molar-refractivity contribution in [2.75, 3.05) is 45.5 Å². The molecule has 1 atom stereocenters. The quantitative estimate of drug-likeness (QED) is 0.683. The second-order valence-electron chi connectivity index (χ2n) is 7.31. The van der Waals surface area contributed by atoms with Gasteiger partial charge in [0.1, 0.15) is 0 Å². The van der Waals surface area contributed by atoms with Gasteiger partial charge in [0, 0.05) is 41.2 Å². The molecule has 0 spiro atoms. The van der Waals surface area contributed by atoms with Gasteiger partial charge < -0.3 is 9.80 Å². The molecule has 0 aromatic heterocycles. The highest BCUT2D eigenvalue weighted by molar-refractivity contribution is 8.00. The van der Waals surface area contributed by atoms with E-state index in [-0.39, 0.29) is 0 Å². The Morgan fingerprint density at radius 3 is 2.54 bits per heavy atom. The highest BCUT2D eigenvalue weighted by Gasteiger charge is 2.22. The van der Waals surface area contributed by atoms with Gasteiger partial charge in [0.15, 0.2) is 0 Å². The van der Waals surface area contributed by atoms with Crippen molar-refractivity contribution in [3.8, 4) is 0 Å². The van der Waals surface area contributed by atoms with Crippen LogP contribution in [0.3, 0.4) is 0 Å². The minimum Gasteiger partial charge on any atom is -0.304 e. The Bertz CT molecular complexity index is 726. The molecule has 1 saturated heterocycles. The van der Waals surface area contributed by atoms with E-state index in [1.165, 1.54) is 65.8 Å². The lowest BCUT2D eigenvalue weighted by molar-refractivity contribution is 0.154. The average Bonchev–Trinajstić information content (AvgIpc) is 2.83. The monoisotopic (exact) mass is 384 g/mol. The van der Waals surface area contributed by atoms with Crippen LogP contribution in [0.2, 0.25) is 0 Å². The molecule has 138 valence electrons. The van der Waals surface area contributed by atoms with Crippen LogP contribution < -0.4 is 0 Å². The SMILES string of the molecule is CN1CCN(CCCSC2Cc3ccccc3Sc3ccccc32)CC1. The van der Waals surface area contributed by atoms with E-state index < -0.39 is 0 Å². The highest BCUT2D eigenvalue weighted by atomic mass is 32.2. The second kappa shape index (κ2) is 8.83. The summed E-state index contributed by atoms with van der Waals surface area (Å²) in [5, 5.41) is 0.579. The van der Waals surface area contributed by atoms with Gasteiger partial charge in [-0.25, -0.2) is 0 Å². The zero-order valence-corrected chi connectivity index (χ0v) is 17.2. The lowest BCUT2D eigenvalue weighted by atomic mass is 10.0. The molecular formula is C22H28N2S2. The Balaban J connectivity index is 1.38. The lowest BCUT2D eigenvalue weighted by Crippen LogP contribution is -2.44. The van der Waals surface area contributed by atoms with Gasteiger partial charge in [-0.15, -0.1) is 0 Å². The van der Waals surface area contributed by atoms with E-state index in [9.17, 15) is 0 Å². The van der Waals surface area contributed by atoms with Crippen molar-refractivity contribution in [3.05, 3.63) is 59.7 Å². The summed E-state index contributed by atoms with van der Waals surface area (Å²) in [5.74, 6) is 1.25. The number of fused-ring (bicyclic) bond motifs is 2. The molecule has 0 amide bonds. The van der Waals surface area contributed by atoms with Crippen LogP contribution in [0.1, 0.15) is 22.8 Å². The van der Waals surface area contributed by atoms with Crippen molar-refractivity contribution in [1.82, 2.24) is 9.80 Å². The van der Waals surface area contributed by atoms with Crippen LogP contribution in [-0.2, 0) is 6.42 Å². The van der Waals surface area contributed by atoms with E-state index in [1.807, 2.05) is 11.8 Å². The number of likely N-dealkylation sites (N-methyl/N-ethyl adjacent to an activating group) is 1. The fourth-order valence-electron chi connectivity index (χ4n) is 3.77. The molecule has 2 aliphatic rings. The Labute approximate surface area is 166 Å². The van der Waals surface area contributed by atoms with E-state index in [2.05, 4.69) is 77.1 Å². The normalized spacial score (nSPS) is 21.0. The van der Waals surface area contributed by atoms with E-state index in [0.717, 1.165) is 6.42 Å². The summed E-state index contributed by atoms with van der Waals surface area (Å²) in [7, 11) is 2.23. The second-order valence-corrected chi connectivity index (χ2v) is 9.70. The third kappa shape index (κ3) is 4.48. The maximum atomic E-state index is 2.63. The van der Waals surface area contributed by atoms with Gasteiger partial charge in [0.25, 0.3) is 0 Å². The van der Waals surface area contributed by atoms with Crippen LogP contribution in [0.25, 0.3) is 0 Å². The number of rotatable bonds is 5. The summed E-state index contributed by atoms with van der Waals surface area (Å²) in [6.45, 7) is 6.16. The van der Waals surface area contributed by atoms with Gasteiger partial charge in [0.05, 0.1) is 0 Å². The van der Waals surface area contributed by atoms with E-state index in [4.69, 9.17) is 0 Å². The summed E-state index contributed by atoms with van der Waals surface area (Å²) < 4.78 is 0. The summed E-state index contributed by atoms with van der Waals surface area (Å²) >= 11 is 4.10. The summed E-state index contributed by atoms with van der Waals surface area (Å²) in [6, 6.07) is 17.9. The molecule has 2 aliphatic heterocycles. The molecule has 0 aliphatic carbocycles. The topological polar surface area (TPSA) is 6.48 Å². The number of nitrogens with zero attached hydrogens (tertiary/aromatic N) is 2. The number of thioether (sulfide) groups is 1. The molecule has 26 heavy (non-hydrogen) atoms. The van der Waals surface area contributed by atoms with Gasteiger partial charge in [-0.1, -0.05) is 48.2 Å². The molecular weight excluding hydrogens is 356 g/mol. The molecule has 4 heteroatoms. The van der Waals surface area contributed by atoms with Crippen LogP contribution in [0.15, 0.2) is 58.3 Å². The van der Waals surface area contributed by atoms with E-state index in [0.29, 0.717) is 5.25 Å². The number of piperazine rings is 1. The van der Waals surface area contributed by atoms with Crippen molar-refractivity contribution in [1.29, 1.82) is 0 Å². The molecule has 1 unspecified atom stereocenters. The summed E-state index contributed by atoms with van der Waals surface area (Å²) in [6.07, 6.45) is 2.45. The Morgan fingerprint density at radius 2 is 1.69 bits per heavy atom.